The van der Waals surface area contributed by atoms with Crippen molar-refractivity contribution in [2.45, 2.75) is 43.9 Å². The third-order valence-corrected chi connectivity index (χ3v) is 6.32. The van der Waals surface area contributed by atoms with Crippen molar-refractivity contribution in [1.29, 1.82) is 0 Å². The van der Waals surface area contributed by atoms with Crippen molar-refractivity contribution >= 4 is 15.9 Å². The van der Waals surface area contributed by atoms with Gasteiger partial charge in [0, 0.05) is 12.1 Å². The SMILES string of the molecule is CC(C)Oc1ccccc1CNC(=O)C(Cc1ccccc1)NS(=O)(=O)c1ccccc1F. The molecule has 3 aromatic carbocycles. The number of sulfonamides is 1. The molecular weight excluding hydrogens is 443 g/mol. The molecule has 0 bridgehead atoms. The first-order chi connectivity index (χ1) is 15.8. The van der Waals surface area contributed by atoms with Crippen molar-refractivity contribution < 1.29 is 22.3 Å². The highest BCUT2D eigenvalue weighted by Crippen LogP contribution is 2.20. The number of rotatable bonds is 10. The van der Waals surface area contributed by atoms with Crippen LogP contribution in [0.4, 0.5) is 4.39 Å². The van der Waals surface area contributed by atoms with Crippen LogP contribution in [0, 0.1) is 5.82 Å². The van der Waals surface area contributed by atoms with Gasteiger partial charge in [-0.1, -0.05) is 60.7 Å². The first-order valence-corrected chi connectivity index (χ1v) is 12.1. The molecular formula is C25H27FN2O4S. The average molecular weight is 471 g/mol. The predicted octanol–water partition coefficient (Wildman–Crippen LogP) is 3.82. The second kappa shape index (κ2) is 11.1. The van der Waals surface area contributed by atoms with Gasteiger partial charge in [0.25, 0.3) is 0 Å². The predicted molar refractivity (Wildman–Crippen MR) is 125 cm³/mol. The largest absolute Gasteiger partial charge is 0.491 e. The lowest BCUT2D eigenvalue weighted by molar-refractivity contribution is -0.122. The minimum atomic E-state index is -4.27. The summed E-state index contributed by atoms with van der Waals surface area (Å²) in [5, 5.41) is 2.78. The molecule has 2 N–H and O–H groups in total. The maximum Gasteiger partial charge on any atom is 0.244 e. The summed E-state index contributed by atoms with van der Waals surface area (Å²) in [5.74, 6) is -0.777. The zero-order valence-corrected chi connectivity index (χ0v) is 19.3. The van der Waals surface area contributed by atoms with E-state index in [0.29, 0.717) is 5.75 Å². The Morgan fingerprint density at radius 2 is 1.58 bits per heavy atom. The first kappa shape index (κ1) is 24.4. The minimum absolute atomic E-state index is 0.0414. The Morgan fingerprint density at radius 3 is 2.27 bits per heavy atom. The van der Waals surface area contributed by atoms with Gasteiger partial charge in [-0.25, -0.2) is 12.8 Å². The molecule has 1 atom stereocenters. The molecule has 8 heteroatoms. The quantitative estimate of drug-likeness (QED) is 0.472. The van der Waals surface area contributed by atoms with Gasteiger partial charge in [-0.3, -0.25) is 4.79 Å². The van der Waals surface area contributed by atoms with E-state index >= 15 is 0 Å². The van der Waals surface area contributed by atoms with E-state index in [-0.39, 0.29) is 19.1 Å². The molecule has 0 aliphatic rings. The van der Waals surface area contributed by atoms with E-state index in [1.54, 1.807) is 24.3 Å². The number of para-hydroxylation sites is 1. The van der Waals surface area contributed by atoms with Crippen molar-refractivity contribution in [3.05, 3.63) is 95.8 Å². The Balaban J connectivity index is 1.81. The van der Waals surface area contributed by atoms with Crippen LogP contribution < -0.4 is 14.8 Å². The van der Waals surface area contributed by atoms with E-state index in [2.05, 4.69) is 10.0 Å². The van der Waals surface area contributed by atoms with Crippen LogP contribution in [0.3, 0.4) is 0 Å². The number of carbonyl (C=O) groups is 1. The van der Waals surface area contributed by atoms with E-state index in [4.69, 9.17) is 4.74 Å². The third-order valence-electron chi connectivity index (χ3n) is 4.81. The molecule has 0 radical (unpaired) electrons. The highest BCUT2D eigenvalue weighted by molar-refractivity contribution is 7.89. The Kier molecular flexibility index (Phi) is 8.19. The van der Waals surface area contributed by atoms with Gasteiger partial charge < -0.3 is 10.1 Å². The van der Waals surface area contributed by atoms with Gasteiger partial charge in [0.2, 0.25) is 15.9 Å². The molecule has 174 valence electrons. The van der Waals surface area contributed by atoms with E-state index < -0.39 is 32.7 Å². The monoisotopic (exact) mass is 470 g/mol. The highest BCUT2D eigenvalue weighted by Gasteiger charge is 2.28. The Hall–Kier alpha value is -3.23. The topological polar surface area (TPSA) is 84.5 Å². The summed E-state index contributed by atoms with van der Waals surface area (Å²) >= 11 is 0. The first-order valence-electron chi connectivity index (χ1n) is 10.6. The van der Waals surface area contributed by atoms with E-state index in [1.165, 1.54) is 12.1 Å². The molecule has 0 saturated heterocycles. The van der Waals surface area contributed by atoms with Gasteiger partial charge in [0.1, 0.15) is 22.5 Å². The second-order valence-electron chi connectivity index (χ2n) is 7.79. The van der Waals surface area contributed by atoms with Crippen LogP contribution in [-0.4, -0.2) is 26.5 Å². The third kappa shape index (κ3) is 6.87. The maximum absolute atomic E-state index is 14.1. The lowest BCUT2D eigenvalue weighted by atomic mass is 10.1. The average Bonchev–Trinajstić information content (AvgIpc) is 2.78. The molecule has 0 fully saturated rings. The minimum Gasteiger partial charge on any atom is -0.491 e. The molecule has 0 saturated carbocycles. The van der Waals surface area contributed by atoms with Crippen LogP contribution >= 0.6 is 0 Å². The number of carbonyl (C=O) groups excluding carboxylic acids is 1. The molecule has 0 aliphatic carbocycles. The van der Waals surface area contributed by atoms with Crippen LogP contribution in [0.1, 0.15) is 25.0 Å². The molecule has 0 spiro atoms. The number of benzene rings is 3. The Labute approximate surface area is 193 Å². The molecule has 33 heavy (non-hydrogen) atoms. The van der Waals surface area contributed by atoms with Gasteiger partial charge in [0.15, 0.2) is 0 Å². The molecule has 1 amide bonds. The van der Waals surface area contributed by atoms with Crippen LogP contribution in [0.5, 0.6) is 5.75 Å². The standard InChI is InChI=1S/C25H27FN2O4S/c1-18(2)32-23-14-8-6-12-20(23)17-27-25(29)22(16-19-10-4-3-5-11-19)28-33(30,31)24-15-9-7-13-21(24)26/h3-15,18,22,28H,16-17H2,1-2H3,(H,27,29). The summed E-state index contributed by atoms with van der Waals surface area (Å²) in [7, 11) is -4.27. The highest BCUT2D eigenvalue weighted by atomic mass is 32.2. The Morgan fingerprint density at radius 1 is 0.939 bits per heavy atom. The summed E-state index contributed by atoms with van der Waals surface area (Å²) in [5.41, 5.74) is 1.52. The number of hydrogen-bond acceptors (Lipinski definition) is 4. The molecule has 6 nitrogen and oxygen atoms in total. The number of hydrogen-bond donors (Lipinski definition) is 2. The van der Waals surface area contributed by atoms with Crippen molar-refractivity contribution in [3.8, 4) is 5.75 Å². The van der Waals surface area contributed by atoms with Crippen molar-refractivity contribution in [3.63, 3.8) is 0 Å². The normalized spacial score (nSPS) is 12.4. The van der Waals surface area contributed by atoms with Crippen LogP contribution in [0.2, 0.25) is 0 Å². The van der Waals surface area contributed by atoms with Crippen LogP contribution in [0.25, 0.3) is 0 Å². The summed E-state index contributed by atoms with van der Waals surface area (Å²) in [4.78, 5) is 12.6. The fourth-order valence-corrected chi connectivity index (χ4v) is 4.55. The summed E-state index contributed by atoms with van der Waals surface area (Å²) in [6.45, 7) is 3.96. The van der Waals surface area contributed by atoms with Crippen LogP contribution in [-0.2, 0) is 27.8 Å². The zero-order chi connectivity index (χ0) is 23.8. The molecule has 1 unspecified atom stereocenters. The lowest BCUT2D eigenvalue weighted by Gasteiger charge is -2.20. The molecule has 0 aromatic heterocycles. The number of nitrogens with one attached hydrogen (secondary N) is 2. The van der Waals surface area contributed by atoms with Crippen molar-refractivity contribution in [2.24, 2.45) is 0 Å². The van der Waals surface area contributed by atoms with Gasteiger partial charge in [0.05, 0.1) is 6.10 Å². The zero-order valence-electron chi connectivity index (χ0n) is 18.5. The Bertz CT molecular complexity index is 1180. The molecule has 3 rings (SSSR count). The maximum atomic E-state index is 14.1. The molecule has 0 aliphatic heterocycles. The molecule has 0 heterocycles. The number of amides is 1. The second-order valence-corrected chi connectivity index (χ2v) is 9.47. The molecule has 3 aromatic rings. The van der Waals surface area contributed by atoms with E-state index in [9.17, 15) is 17.6 Å². The van der Waals surface area contributed by atoms with Gasteiger partial charge >= 0.3 is 0 Å². The summed E-state index contributed by atoms with van der Waals surface area (Å²) in [6.07, 6.45) is 0.0603. The fourth-order valence-electron chi connectivity index (χ4n) is 3.28. The van der Waals surface area contributed by atoms with Crippen LogP contribution in [0.15, 0.2) is 83.8 Å². The van der Waals surface area contributed by atoms with Crippen molar-refractivity contribution in [2.75, 3.05) is 0 Å². The lowest BCUT2D eigenvalue weighted by Crippen LogP contribution is -2.47. The van der Waals surface area contributed by atoms with E-state index in [0.717, 1.165) is 23.3 Å². The number of ether oxygens (including phenoxy) is 1. The smallest absolute Gasteiger partial charge is 0.244 e. The van der Waals surface area contributed by atoms with Crippen molar-refractivity contribution in [1.82, 2.24) is 10.0 Å². The summed E-state index contributed by atoms with van der Waals surface area (Å²) in [6, 6.07) is 20.2. The summed E-state index contributed by atoms with van der Waals surface area (Å²) < 4.78 is 48.0. The van der Waals surface area contributed by atoms with Gasteiger partial charge in [-0.05, 0) is 44.0 Å². The number of halogens is 1. The van der Waals surface area contributed by atoms with Gasteiger partial charge in [-0.2, -0.15) is 4.72 Å². The fraction of sp³-hybridized carbons (Fsp3) is 0.240. The van der Waals surface area contributed by atoms with Gasteiger partial charge in [-0.15, -0.1) is 0 Å². The van der Waals surface area contributed by atoms with E-state index in [1.807, 2.05) is 44.2 Å².